The quantitative estimate of drug-likeness (QED) is 0.837. The molecule has 0 radical (unpaired) electrons. The number of carboxylic acid groups (broad SMARTS) is 1. The van der Waals surface area contributed by atoms with E-state index < -0.39 is 5.97 Å². The molecule has 0 atom stereocenters. The molecule has 2 aromatic rings. The highest BCUT2D eigenvalue weighted by atomic mass is 79.9. The van der Waals surface area contributed by atoms with E-state index in [4.69, 9.17) is 9.84 Å². The van der Waals surface area contributed by atoms with Gasteiger partial charge in [0.1, 0.15) is 17.3 Å². The summed E-state index contributed by atoms with van der Waals surface area (Å²) in [5.74, 6) is -0.268. The van der Waals surface area contributed by atoms with Gasteiger partial charge in [0.2, 0.25) is 0 Å². The van der Waals surface area contributed by atoms with Gasteiger partial charge in [0.25, 0.3) is 0 Å². The van der Waals surface area contributed by atoms with Gasteiger partial charge in [-0.05, 0) is 57.9 Å². The summed E-state index contributed by atoms with van der Waals surface area (Å²) in [6.07, 6.45) is 2.55. The molecule has 0 unspecified atom stereocenters. The zero-order chi connectivity index (χ0) is 14.5. The van der Waals surface area contributed by atoms with E-state index in [-0.39, 0.29) is 5.82 Å². The molecule has 0 aliphatic heterocycles. The Morgan fingerprint density at radius 2 is 1.80 bits per heavy atom. The SMILES string of the molecule is O=C(O)/C=C/c1ccc(Oc2ccc(F)c(Br)c2)cc1. The predicted molar refractivity (Wildman–Crippen MR) is 77.3 cm³/mol. The summed E-state index contributed by atoms with van der Waals surface area (Å²) in [6.45, 7) is 0. The maximum atomic E-state index is 13.1. The highest BCUT2D eigenvalue weighted by Crippen LogP contribution is 2.26. The summed E-state index contributed by atoms with van der Waals surface area (Å²) in [6, 6.07) is 11.2. The van der Waals surface area contributed by atoms with Crippen LogP contribution in [0.25, 0.3) is 6.08 Å². The van der Waals surface area contributed by atoms with Crippen molar-refractivity contribution in [2.45, 2.75) is 0 Å². The number of aliphatic carboxylic acids is 1. The van der Waals surface area contributed by atoms with Gasteiger partial charge in [0, 0.05) is 6.08 Å². The second-order valence-corrected chi connectivity index (χ2v) is 4.77. The minimum absolute atomic E-state index is 0.330. The summed E-state index contributed by atoms with van der Waals surface area (Å²) in [5, 5.41) is 8.53. The van der Waals surface area contributed by atoms with Gasteiger partial charge in [-0.1, -0.05) is 12.1 Å². The van der Waals surface area contributed by atoms with Crippen molar-refractivity contribution in [1.82, 2.24) is 0 Å². The Bertz CT molecular complexity index is 651. The molecule has 2 aromatic carbocycles. The molecular weight excluding hydrogens is 327 g/mol. The number of hydrogen-bond acceptors (Lipinski definition) is 2. The van der Waals surface area contributed by atoms with E-state index in [9.17, 15) is 9.18 Å². The standard InChI is InChI=1S/C15H10BrFO3/c16-13-9-12(6-7-14(13)17)20-11-4-1-10(2-5-11)3-8-15(18)19/h1-9H,(H,18,19)/b8-3+. The Morgan fingerprint density at radius 1 is 1.15 bits per heavy atom. The normalized spacial score (nSPS) is 10.7. The van der Waals surface area contributed by atoms with E-state index in [0.717, 1.165) is 11.6 Å². The number of hydrogen-bond donors (Lipinski definition) is 1. The Balaban J connectivity index is 2.10. The van der Waals surface area contributed by atoms with Crippen molar-refractivity contribution in [2.24, 2.45) is 0 Å². The van der Waals surface area contributed by atoms with Crippen LogP contribution in [0.5, 0.6) is 11.5 Å². The van der Waals surface area contributed by atoms with Crippen LogP contribution in [0.1, 0.15) is 5.56 Å². The Hall–Kier alpha value is -2.14. The minimum Gasteiger partial charge on any atom is -0.478 e. The number of rotatable bonds is 4. The summed E-state index contributed by atoms with van der Waals surface area (Å²) in [7, 11) is 0. The summed E-state index contributed by atoms with van der Waals surface area (Å²) >= 11 is 3.09. The van der Waals surface area contributed by atoms with Crippen molar-refractivity contribution in [1.29, 1.82) is 0 Å². The van der Waals surface area contributed by atoms with Crippen molar-refractivity contribution in [2.75, 3.05) is 0 Å². The van der Waals surface area contributed by atoms with Crippen LogP contribution < -0.4 is 4.74 Å². The Kier molecular flexibility index (Phi) is 4.53. The van der Waals surface area contributed by atoms with Crippen LogP contribution in [0, 0.1) is 5.82 Å². The van der Waals surface area contributed by atoms with Gasteiger partial charge in [-0.15, -0.1) is 0 Å². The maximum absolute atomic E-state index is 13.1. The second kappa shape index (κ2) is 6.34. The van der Waals surface area contributed by atoms with Gasteiger partial charge in [0.15, 0.2) is 0 Å². The zero-order valence-corrected chi connectivity index (χ0v) is 11.8. The number of benzene rings is 2. The smallest absolute Gasteiger partial charge is 0.328 e. The lowest BCUT2D eigenvalue weighted by Gasteiger charge is -2.06. The third-order valence-electron chi connectivity index (χ3n) is 2.43. The first-order valence-corrected chi connectivity index (χ1v) is 6.48. The molecule has 0 spiro atoms. The van der Waals surface area contributed by atoms with Crippen LogP contribution in [0.4, 0.5) is 4.39 Å². The summed E-state index contributed by atoms with van der Waals surface area (Å²) in [4.78, 5) is 10.4. The molecule has 5 heteroatoms. The van der Waals surface area contributed by atoms with E-state index in [2.05, 4.69) is 15.9 Å². The number of carboxylic acids is 1. The van der Waals surface area contributed by atoms with Crippen LogP contribution in [-0.4, -0.2) is 11.1 Å². The van der Waals surface area contributed by atoms with Gasteiger partial charge in [-0.3, -0.25) is 0 Å². The van der Waals surface area contributed by atoms with E-state index in [1.54, 1.807) is 24.3 Å². The fraction of sp³-hybridized carbons (Fsp3) is 0. The molecule has 1 N–H and O–H groups in total. The highest BCUT2D eigenvalue weighted by molar-refractivity contribution is 9.10. The molecule has 0 fully saturated rings. The zero-order valence-electron chi connectivity index (χ0n) is 10.2. The van der Waals surface area contributed by atoms with Gasteiger partial charge in [-0.2, -0.15) is 0 Å². The molecule has 0 saturated carbocycles. The lowest BCUT2D eigenvalue weighted by molar-refractivity contribution is -0.131. The Morgan fingerprint density at radius 3 is 2.40 bits per heavy atom. The van der Waals surface area contributed by atoms with E-state index in [1.165, 1.54) is 24.3 Å². The number of ether oxygens (including phenoxy) is 1. The lowest BCUT2D eigenvalue weighted by Crippen LogP contribution is -1.87. The molecular formula is C15H10BrFO3. The number of halogens is 2. The van der Waals surface area contributed by atoms with E-state index >= 15 is 0 Å². The molecule has 0 aliphatic carbocycles. The van der Waals surface area contributed by atoms with E-state index in [1.807, 2.05) is 0 Å². The molecule has 0 aromatic heterocycles. The van der Waals surface area contributed by atoms with Crippen molar-refractivity contribution >= 4 is 28.0 Å². The minimum atomic E-state index is -0.999. The average Bonchev–Trinajstić information content (AvgIpc) is 2.42. The van der Waals surface area contributed by atoms with Crippen molar-refractivity contribution < 1.29 is 19.0 Å². The molecule has 0 saturated heterocycles. The molecule has 102 valence electrons. The van der Waals surface area contributed by atoms with Crippen LogP contribution in [-0.2, 0) is 4.79 Å². The fourth-order valence-electron chi connectivity index (χ4n) is 1.49. The predicted octanol–water partition coefficient (Wildman–Crippen LogP) is 4.48. The molecule has 3 nitrogen and oxygen atoms in total. The third-order valence-corrected chi connectivity index (χ3v) is 3.03. The maximum Gasteiger partial charge on any atom is 0.328 e. The van der Waals surface area contributed by atoms with E-state index in [0.29, 0.717) is 16.0 Å². The fourth-order valence-corrected chi connectivity index (χ4v) is 1.85. The summed E-state index contributed by atoms with van der Waals surface area (Å²) < 4.78 is 19.0. The molecule has 0 bridgehead atoms. The van der Waals surface area contributed by atoms with Gasteiger partial charge in [-0.25, -0.2) is 9.18 Å². The first-order valence-electron chi connectivity index (χ1n) is 5.68. The average molecular weight is 337 g/mol. The first-order chi connectivity index (χ1) is 9.54. The molecule has 0 amide bonds. The molecule has 0 aliphatic rings. The van der Waals surface area contributed by atoms with Crippen LogP contribution >= 0.6 is 15.9 Å². The number of carbonyl (C=O) groups is 1. The lowest BCUT2D eigenvalue weighted by atomic mass is 10.2. The van der Waals surface area contributed by atoms with Crippen LogP contribution in [0.15, 0.2) is 53.0 Å². The largest absolute Gasteiger partial charge is 0.478 e. The van der Waals surface area contributed by atoms with Crippen molar-refractivity contribution in [3.05, 3.63) is 64.4 Å². The third kappa shape index (κ3) is 3.93. The Labute approximate surface area is 123 Å². The van der Waals surface area contributed by atoms with Gasteiger partial charge < -0.3 is 9.84 Å². The van der Waals surface area contributed by atoms with Crippen LogP contribution in [0.3, 0.4) is 0 Å². The van der Waals surface area contributed by atoms with Gasteiger partial charge >= 0.3 is 5.97 Å². The molecule has 20 heavy (non-hydrogen) atoms. The monoisotopic (exact) mass is 336 g/mol. The van der Waals surface area contributed by atoms with Crippen molar-refractivity contribution in [3.63, 3.8) is 0 Å². The topological polar surface area (TPSA) is 46.5 Å². The highest BCUT2D eigenvalue weighted by Gasteiger charge is 2.02. The summed E-state index contributed by atoms with van der Waals surface area (Å²) in [5.41, 5.74) is 0.750. The second-order valence-electron chi connectivity index (χ2n) is 3.92. The molecule has 0 heterocycles. The van der Waals surface area contributed by atoms with Crippen molar-refractivity contribution in [3.8, 4) is 11.5 Å². The first kappa shape index (κ1) is 14.3. The van der Waals surface area contributed by atoms with Crippen LogP contribution in [0.2, 0.25) is 0 Å². The molecule has 2 rings (SSSR count). The van der Waals surface area contributed by atoms with Gasteiger partial charge in [0.05, 0.1) is 4.47 Å².